The zero-order chi connectivity index (χ0) is 14.8. The third kappa shape index (κ3) is 3.19. The van der Waals surface area contributed by atoms with Gasteiger partial charge < -0.3 is 5.32 Å². The number of aromatic nitrogens is 2. The van der Waals surface area contributed by atoms with Crippen LogP contribution in [0.4, 0.5) is 13.2 Å². The lowest BCUT2D eigenvalue weighted by Gasteiger charge is -2.15. The van der Waals surface area contributed by atoms with E-state index in [4.69, 9.17) is 0 Å². The molecule has 0 unspecified atom stereocenters. The molecule has 1 aromatic carbocycles. The van der Waals surface area contributed by atoms with E-state index < -0.39 is 11.7 Å². The van der Waals surface area contributed by atoms with Crippen LogP contribution in [0.2, 0.25) is 0 Å². The van der Waals surface area contributed by atoms with Gasteiger partial charge in [-0.05, 0) is 36.7 Å². The van der Waals surface area contributed by atoms with Crippen LogP contribution in [0, 0.1) is 6.92 Å². The lowest BCUT2D eigenvalue weighted by atomic mass is 10.1. The van der Waals surface area contributed by atoms with Gasteiger partial charge in [-0.25, -0.2) is 4.68 Å². The Balaban J connectivity index is 2.43. The van der Waals surface area contributed by atoms with Crippen molar-refractivity contribution in [3.05, 3.63) is 47.3 Å². The van der Waals surface area contributed by atoms with Gasteiger partial charge in [0.15, 0.2) is 0 Å². The molecule has 0 spiro atoms. The Morgan fingerprint density at radius 2 is 2.05 bits per heavy atom. The van der Waals surface area contributed by atoms with E-state index in [1.54, 1.807) is 18.5 Å². The maximum Gasteiger partial charge on any atom is 0.416 e. The minimum atomic E-state index is -4.37. The second-order valence-electron chi connectivity index (χ2n) is 4.58. The van der Waals surface area contributed by atoms with Gasteiger partial charge >= 0.3 is 6.18 Å². The Morgan fingerprint density at radius 1 is 1.30 bits per heavy atom. The van der Waals surface area contributed by atoms with Gasteiger partial charge in [0.05, 0.1) is 17.4 Å². The summed E-state index contributed by atoms with van der Waals surface area (Å²) in [5, 5.41) is 6.95. The molecule has 3 nitrogen and oxygen atoms in total. The normalized spacial score (nSPS) is 11.8. The standard InChI is InChI=1S/C14H16F3N3/c1-3-18-8-11-4-5-12(6-13(11)14(15,16)17)20-9-10(2)7-19-20/h4-7,9,18H,3,8H2,1-2H3. The number of halogens is 3. The van der Waals surface area contributed by atoms with Gasteiger partial charge in [0.25, 0.3) is 0 Å². The monoisotopic (exact) mass is 283 g/mol. The van der Waals surface area contributed by atoms with Gasteiger partial charge in [-0.2, -0.15) is 18.3 Å². The van der Waals surface area contributed by atoms with Crippen LogP contribution in [0.1, 0.15) is 23.6 Å². The molecule has 0 bridgehead atoms. The molecule has 2 rings (SSSR count). The minimum absolute atomic E-state index is 0.198. The number of hydrogen-bond donors (Lipinski definition) is 1. The Kier molecular flexibility index (Phi) is 4.13. The van der Waals surface area contributed by atoms with Gasteiger partial charge in [0, 0.05) is 12.7 Å². The fourth-order valence-electron chi connectivity index (χ4n) is 1.94. The highest BCUT2D eigenvalue weighted by atomic mass is 19.4. The van der Waals surface area contributed by atoms with E-state index >= 15 is 0 Å². The maximum absolute atomic E-state index is 13.1. The lowest BCUT2D eigenvalue weighted by molar-refractivity contribution is -0.138. The predicted molar refractivity (Wildman–Crippen MR) is 70.7 cm³/mol. The third-order valence-corrected chi connectivity index (χ3v) is 2.94. The van der Waals surface area contributed by atoms with E-state index in [9.17, 15) is 13.2 Å². The van der Waals surface area contributed by atoms with Crippen molar-refractivity contribution in [1.82, 2.24) is 15.1 Å². The average Bonchev–Trinajstić information content (AvgIpc) is 2.82. The first-order chi connectivity index (χ1) is 9.41. The van der Waals surface area contributed by atoms with Crippen LogP contribution in [0.3, 0.4) is 0 Å². The van der Waals surface area contributed by atoms with Crippen molar-refractivity contribution in [2.45, 2.75) is 26.6 Å². The van der Waals surface area contributed by atoms with Gasteiger partial charge in [0.1, 0.15) is 0 Å². The molecule has 1 aromatic heterocycles. The molecule has 1 heterocycles. The Bertz CT molecular complexity index is 588. The molecule has 0 aliphatic heterocycles. The van der Waals surface area contributed by atoms with E-state index in [0.29, 0.717) is 12.2 Å². The van der Waals surface area contributed by atoms with Crippen molar-refractivity contribution in [1.29, 1.82) is 0 Å². The summed E-state index contributed by atoms with van der Waals surface area (Å²) in [7, 11) is 0. The number of aryl methyl sites for hydroxylation is 1. The van der Waals surface area contributed by atoms with Crippen LogP contribution in [-0.2, 0) is 12.7 Å². The van der Waals surface area contributed by atoms with Crippen molar-refractivity contribution in [2.24, 2.45) is 0 Å². The quantitative estimate of drug-likeness (QED) is 0.933. The minimum Gasteiger partial charge on any atom is -0.313 e. The first kappa shape index (κ1) is 14.6. The van der Waals surface area contributed by atoms with E-state index in [-0.39, 0.29) is 12.1 Å². The SMILES string of the molecule is CCNCc1ccc(-n2cc(C)cn2)cc1C(F)(F)F. The molecule has 20 heavy (non-hydrogen) atoms. The molecule has 0 amide bonds. The summed E-state index contributed by atoms with van der Waals surface area (Å²) in [6.45, 7) is 4.52. The molecular formula is C14H16F3N3. The number of hydrogen-bond acceptors (Lipinski definition) is 2. The molecular weight excluding hydrogens is 267 g/mol. The first-order valence-corrected chi connectivity index (χ1v) is 6.34. The smallest absolute Gasteiger partial charge is 0.313 e. The van der Waals surface area contributed by atoms with Crippen LogP contribution < -0.4 is 5.32 Å². The van der Waals surface area contributed by atoms with Crippen LogP contribution in [0.5, 0.6) is 0 Å². The van der Waals surface area contributed by atoms with E-state index in [0.717, 1.165) is 11.6 Å². The Morgan fingerprint density at radius 3 is 2.60 bits per heavy atom. The van der Waals surface area contributed by atoms with Gasteiger partial charge in [-0.1, -0.05) is 13.0 Å². The van der Waals surface area contributed by atoms with Crippen molar-refractivity contribution in [3.63, 3.8) is 0 Å². The number of rotatable bonds is 4. The summed E-state index contributed by atoms with van der Waals surface area (Å²) in [5.41, 5.74) is 0.928. The highest BCUT2D eigenvalue weighted by Crippen LogP contribution is 2.33. The number of alkyl halides is 3. The number of nitrogens with zero attached hydrogens (tertiary/aromatic N) is 2. The van der Waals surface area contributed by atoms with Crippen LogP contribution in [0.25, 0.3) is 5.69 Å². The topological polar surface area (TPSA) is 29.9 Å². The molecule has 0 aliphatic carbocycles. The molecule has 0 atom stereocenters. The van der Waals surface area contributed by atoms with Crippen LogP contribution >= 0.6 is 0 Å². The van der Waals surface area contributed by atoms with Crippen LogP contribution in [0.15, 0.2) is 30.6 Å². The van der Waals surface area contributed by atoms with Crippen molar-refractivity contribution in [2.75, 3.05) is 6.54 Å². The first-order valence-electron chi connectivity index (χ1n) is 6.34. The highest BCUT2D eigenvalue weighted by Gasteiger charge is 2.33. The Hall–Kier alpha value is -1.82. The van der Waals surface area contributed by atoms with E-state index in [2.05, 4.69) is 10.4 Å². The molecule has 6 heteroatoms. The number of benzene rings is 1. The number of nitrogens with one attached hydrogen (secondary N) is 1. The Labute approximate surface area is 115 Å². The molecule has 0 aliphatic rings. The summed E-state index contributed by atoms with van der Waals surface area (Å²) >= 11 is 0. The molecule has 108 valence electrons. The van der Waals surface area contributed by atoms with Crippen LogP contribution in [-0.4, -0.2) is 16.3 Å². The summed E-state index contributed by atoms with van der Waals surface area (Å²) < 4.78 is 40.8. The lowest BCUT2D eigenvalue weighted by Crippen LogP contribution is -2.17. The summed E-state index contributed by atoms with van der Waals surface area (Å²) in [6.07, 6.45) is -1.07. The van der Waals surface area contributed by atoms with E-state index in [1.807, 2.05) is 13.8 Å². The van der Waals surface area contributed by atoms with Gasteiger partial charge in [-0.15, -0.1) is 0 Å². The highest BCUT2D eigenvalue weighted by molar-refractivity contribution is 5.42. The zero-order valence-corrected chi connectivity index (χ0v) is 11.3. The average molecular weight is 283 g/mol. The molecule has 0 saturated carbocycles. The molecule has 0 fully saturated rings. The van der Waals surface area contributed by atoms with Crippen molar-refractivity contribution < 1.29 is 13.2 Å². The predicted octanol–water partition coefficient (Wildman–Crippen LogP) is 3.31. The maximum atomic E-state index is 13.1. The molecule has 2 aromatic rings. The molecule has 1 N–H and O–H groups in total. The van der Waals surface area contributed by atoms with E-state index in [1.165, 1.54) is 10.7 Å². The largest absolute Gasteiger partial charge is 0.416 e. The summed E-state index contributed by atoms with van der Waals surface area (Å²) in [6, 6.07) is 4.28. The second-order valence-corrected chi connectivity index (χ2v) is 4.58. The molecule has 0 saturated heterocycles. The summed E-state index contributed by atoms with van der Waals surface area (Å²) in [5.74, 6) is 0. The van der Waals surface area contributed by atoms with Crippen molar-refractivity contribution >= 4 is 0 Å². The molecule has 0 radical (unpaired) electrons. The fourth-order valence-corrected chi connectivity index (χ4v) is 1.94. The zero-order valence-electron chi connectivity index (χ0n) is 11.3. The van der Waals surface area contributed by atoms with Gasteiger partial charge in [-0.3, -0.25) is 0 Å². The summed E-state index contributed by atoms with van der Waals surface area (Å²) in [4.78, 5) is 0. The fraction of sp³-hybridized carbons (Fsp3) is 0.357. The third-order valence-electron chi connectivity index (χ3n) is 2.94. The van der Waals surface area contributed by atoms with Crippen molar-refractivity contribution in [3.8, 4) is 5.69 Å². The second kappa shape index (κ2) is 5.66. The van der Waals surface area contributed by atoms with Gasteiger partial charge in [0.2, 0.25) is 0 Å².